The number of allylic oxidation sites excluding steroid dienone is 4. The Kier molecular flexibility index (Phi) is 7.36. The van der Waals surface area contributed by atoms with Gasteiger partial charge >= 0.3 is 0 Å². The average Bonchev–Trinajstić information content (AvgIpc) is 2.22. The van der Waals surface area contributed by atoms with Crippen molar-refractivity contribution in [3.8, 4) is 0 Å². The number of hydrogen-bond acceptors (Lipinski definition) is 1. The van der Waals surface area contributed by atoms with E-state index in [0.717, 1.165) is 12.2 Å². The third-order valence-corrected chi connectivity index (χ3v) is 2.38. The van der Waals surface area contributed by atoms with Crippen LogP contribution < -0.4 is 0 Å². The molecule has 0 aromatic rings. The second-order valence-electron chi connectivity index (χ2n) is 4.22. The molecular weight excluding hydrogens is 194 g/mol. The molecule has 90 valence electrons. The molecule has 0 rings (SSSR count). The van der Waals surface area contributed by atoms with Crippen LogP contribution in [0.25, 0.3) is 0 Å². The van der Waals surface area contributed by atoms with Crippen LogP contribution in [0.1, 0.15) is 40.5 Å². The minimum absolute atomic E-state index is 1.01. The van der Waals surface area contributed by atoms with Crippen molar-refractivity contribution in [2.24, 2.45) is 0 Å². The Morgan fingerprint density at radius 3 is 2.19 bits per heavy atom. The smallest absolute Gasteiger partial charge is 0.0429 e. The van der Waals surface area contributed by atoms with Gasteiger partial charge in [-0.1, -0.05) is 38.2 Å². The summed E-state index contributed by atoms with van der Waals surface area (Å²) >= 11 is 0. The molecule has 16 heavy (non-hydrogen) atoms. The second-order valence-corrected chi connectivity index (χ2v) is 4.22. The summed E-state index contributed by atoms with van der Waals surface area (Å²) in [5, 5.41) is 0. The van der Waals surface area contributed by atoms with Crippen LogP contribution in [0.2, 0.25) is 0 Å². The zero-order chi connectivity index (χ0) is 12.6. The molecule has 0 heterocycles. The fourth-order valence-electron chi connectivity index (χ4n) is 1.65. The summed E-state index contributed by atoms with van der Waals surface area (Å²) in [6.07, 6.45) is 8.34. The predicted octanol–water partition coefficient (Wildman–Crippen LogP) is 4.66. The fraction of sp³-hybridized carbons (Fsp3) is 0.467. The van der Waals surface area contributed by atoms with Crippen molar-refractivity contribution < 1.29 is 0 Å². The Balaban J connectivity index is 4.99. The first-order valence-corrected chi connectivity index (χ1v) is 5.94. The number of nitrogens with zero attached hydrogens (tertiary/aromatic N) is 1. The van der Waals surface area contributed by atoms with Crippen LogP contribution in [0.3, 0.4) is 0 Å². The van der Waals surface area contributed by atoms with E-state index in [2.05, 4.69) is 51.8 Å². The lowest BCUT2D eigenvalue weighted by Gasteiger charge is -2.22. The zero-order valence-corrected chi connectivity index (χ0v) is 11.2. The van der Waals surface area contributed by atoms with E-state index < -0.39 is 0 Å². The van der Waals surface area contributed by atoms with Crippen molar-refractivity contribution >= 4 is 0 Å². The zero-order valence-electron chi connectivity index (χ0n) is 11.2. The van der Waals surface area contributed by atoms with Crippen LogP contribution in [-0.2, 0) is 0 Å². The van der Waals surface area contributed by atoms with E-state index in [0.29, 0.717) is 0 Å². The quantitative estimate of drug-likeness (QED) is 0.563. The summed E-state index contributed by atoms with van der Waals surface area (Å²) in [4.78, 5) is 2.17. The third-order valence-electron chi connectivity index (χ3n) is 2.38. The van der Waals surface area contributed by atoms with E-state index in [9.17, 15) is 0 Å². The summed E-state index contributed by atoms with van der Waals surface area (Å²) in [5.74, 6) is 0. The summed E-state index contributed by atoms with van der Waals surface area (Å²) in [6.45, 7) is 17.3. The van der Waals surface area contributed by atoms with E-state index in [1.54, 1.807) is 0 Å². The molecule has 1 nitrogen and oxygen atoms in total. The van der Waals surface area contributed by atoms with Gasteiger partial charge in [-0.05, 0) is 45.0 Å². The van der Waals surface area contributed by atoms with Gasteiger partial charge in [0.2, 0.25) is 0 Å². The topological polar surface area (TPSA) is 3.24 Å². The highest BCUT2D eigenvalue weighted by atomic mass is 15.1. The standard InChI is InChI=1S/C15H25N/c1-7-10-11-16(9-3)15(8-2)14(6)12-13(4)5/h8-9,12H,2-3,7,10-11H2,1,4-6H3/b15-14+. The first kappa shape index (κ1) is 14.8. The molecule has 0 N–H and O–H groups in total. The van der Waals surface area contributed by atoms with Crippen LogP contribution in [-0.4, -0.2) is 11.4 Å². The highest BCUT2D eigenvalue weighted by Crippen LogP contribution is 2.15. The molecule has 0 aromatic heterocycles. The number of hydrogen-bond donors (Lipinski definition) is 0. The minimum atomic E-state index is 1.01. The van der Waals surface area contributed by atoms with Crippen molar-refractivity contribution in [3.63, 3.8) is 0 Å². The lowest BCUT2D eigenvalue weighted by molar-refractivity contribution is 0.459. The molecule has 0 saturated heterocycles. The second kappa shape index (κ2) is 7.98. The summed E-state index contributed by atoms with van der Waals surface area (Å²) < 4.78 is 0. The van der Waals surface area contributed by atoms with Gasteiger partial charge in [0.25, 0.3) is 0 Å². The predicted molar refractivity (Wildman–Crippen MR) is 74.1 cm³/mol. The summed E-state index contributed by atoms with van der Waals surface area (Å²) in [7, 11) is 0. The van der Waals surface area contributed by atoms with E-state index in [1.165, 1.54) is 24.0 Å². The molecule has 0 spiro atoms. The lowest BCUT2D eigenvalue weighted by atomic mass is 10.1. The van der Waals surface area contributed by atoms with Gasteiger partial charge in [-0.25, -0.2) is 0 Å². The van der Waals surface area contributed by atoms with Crippen molar-refractivity contribution in [1.82, 2.24) is 4.90 Å². The van der Waals surface area contributed by atoms with Crippen molar-refractivity contribution in [3.05, 3.63) is 48.4 Å². The lowest BCUT2D eigenvalue weighted by Crippen LogP contribution is -2.17. The van der Waals surface area contributed by atoms with Gasteiger partial charge in [0.1, 0.15) is 0 Å². The van der Waals surface area contributed by atoms with Crippen LogP contribution in [0, 0.1) is 0 Å². The van der Waals surface area contributed by atoms with Gasteiger partial charge in [0, 0.05) is 12.2 Å². The average molecular weight is 219 g/mol. The molecule has 0 bridgehead atoms. The molecule has 0 unspecified atom stereocenters. The molecule has 0 aliphatic rings. The first-order chi connectivity index (χ1) is 7.56. The van der Waals surface area contributed by atoms with Crippen LogP contribution in [0.4, 0.5) is 0 Å². The fourth-order valence-corrected chi connectivity index (χ4v) is 1.65. The van der Waals surface area contributed by atoms with Crippen molar-refractivity contribution in [2.45, 2.75) is 40.5 Å². The molecule has 0 saturated carbocycles. The maximum absolute atomic E-state index is 3.89. The van der Waals surface area contributed by atoms with Crippen molar-refractivity contribution in [2.75, 3.05) is 6.54 Å². The largest absolute Gasteiger partial charge is 0.348 e. The van der Waals surface area contributed by atoms with Crippen LogP contribution >= 0.6 is 0 Å². The maximum Gasteiger partial charge on any atom is 0.0429 e. The maximum atomic E-state index is 3.89. The Morgan fingerprint density at radius 2 is 1.81 bits per heavy atom. The highest BCUT2D eigenvalue weighted by molar-refractivity contribution is 5.32. The van der Waals surface area contributed by atoms with Gasteiger partial charge in [-0.2, -0.15) is 0 Å². The molecule has 0 fully saturated rings. The van der Waals surface area contributed by atoms with E-state index in [-0.39, 0.29) is 0 Å². The van der Waals surface area contributed by atoms with Gasteiger partial charge in [0.15, 0.2) is 0 Å². The minimum Gasteiger partial charge on any atom is -0.348 e. The molecular formula is C15H25N. The SMILES string of the molecule is C=C/C(=C(/C)C=C(C)C)N(C=C)CCCC. The van der Waals surface area contributed by atoms with Gasteiger partial charge in [-0.3, -0.25) is 0 Å². The van der Waals surface area contributed by atoms with E-state index in [1.807, 2.05) is 12.3 Å². The van der Waals surface area contributed by atoms with Gasteiger partial charge < -0.3 is 4.90 Å². The van der Waals surface area contributed by atoms with Crippen LogP contribution in [0.15, 0.2) is 48.4 Å². The molecule has 1 heteroatoms. The Labute approximate surface area is 101 Å². The normalized spacial score (nSPS) is 11.5. The van der Waals surface area contributed by atoms with E-state index in [4.69, 9.17) is 0 Å². The Morgan fingerprint density at radius 1 is 1.19 bits per heavy atom. The molecule has 0 atom stereocenters. The molecule has 0 aromatic carbocycles. The monoisotopic (exact) mass is 219 g/mol. The number of unbranched alkanes of at least 4 members (excludes halogenated alkanes) is 1. The Bertz CT molecular complexity index is 291. The summed E-state index contributed by atoms with van der Waals surface area (Å²) in [6, 6.07) is 0. The van der Waals surface area contributed by atoms with Gasteiger partial charge in [0.05, 0.1) is 0 Å². The van der Waals surface area contributed by atoms with Crippen LogP contribution in [0.5, 0.6) is 0 Å². The number of rotatable bonds is 7. The molecule has 0 aliphatic carbocycles. The first-order valence-electron chi connectivity index (χ1n) is 5.94. The molecule has 0 radical (unpaired) electrons. The van der Waals surface area contributed by atoms with Crippen molar-refractivity contribution in [1.29, 1.82) is 0 Å². The highest BCUT2D eigenvalue weighted by Gasteiger charge is 2.04. The Hall–Kier alpha value is -1.24. The summed E-state index contributed by atoms with van der Waals surface area (Å²) in [5.41, 5.74) is 3.70. The third kappa shape index (κ3) is 5.01. The van der Waals surface area contributed by atoms with E-state index >= 15 is 0 Å². The molecule has 0 amide bonds. The van der Waals surface area contributed by atoms with Gasteiger partial charge in [-0.15, -0.1) is 0 Å². The molecule has 0 aliphatic heterocycles.